The van der Waals surface area contributed by atoms with Crippen molar-refractivity contribution in [3.8, 4) is 6.07 Å². The summed E-state index contributed by atoms with van der Waals surface area (Å²) in [5.41, 5.74) is 1.15. The molecule has 0 atom stereocenters. The fourth-order valence-electron chi connectivity index (χ4n) is 1.52. The number of hydrogen-bond donors (Lipinski definition) is 0. The molecule has 0 aliphatic carbocycles. The van der Waals surface area contributed by atoms with Crippen molar-refractivity contribution in [2.24, 2.45) is 7.05 Å². The van der Waals surface area contributed by atoms with E-state index >= 15 is 0 Å². The first-order chi connectivity index (χ1) is 8.61. The van der Waals surface area contributed by atoms with Gasteiger partial charge >= 0.3 is 0 Å². The Labute approximate surface area is 109 Å². The first kappa shape index (κ1) is 12.4. The van der Waals surface area contributed by atoms with Crippen LogP contribution < -0.4 is 0 Å². The minimum Gasteiger partial charge on any atom is -0.329 e. The predicted molar refractivity (Wildman–Crippen MR) is 68.5 cm³/mol. The highest BCUT2D eigenvalue weighted by molar-refractivity contribution is 7.99. The van der Waals surface area contributed by atoms with E-state index in [0.29, 0.717) is 11.1 Å². The molecule has 0 N–H and O–H groups in total. The number of nitrogens with zero attached hydrogens (tertiary/aromatic N) is 3. The number of carbonyl (C=O) groups excluding carboxylic acids is 1. The monoisotopic (exact) mass is 257 g/mol. The third-order valence-electron chi connectivity index (χ3n) is 2.47. The molecule has 0 fully saturated rings. The second-order valence-corrected chi connectivity index (χ2v) is 4.81. The largest absolute Gasteiger partial charge is 0.329 e. The number of hydrogen-bond acceptors (Lipinski definition) is 4. The van der Waals surface area contributed by atoms with Crippen LogP contribution >= 0.6 is 11.8 Å². The lowest BCUT2D eigenvalue weighted by Crippen LogP contribution is -1.97. The van der Waals surface area contributed by atoms with Crippen LogP contribution in [0.15, 0.2) is 40.6 Å². The number of imidazole rings is 1. The highest BCUT2D eigenvalue weighted by Gasteiger charge is 2.11. The van der Waals surface area contributed by atoms with Gasteiger partial charge in [-0.05, 0) is 25.1 Å². The van der Waals surface area contributed by atoms with Crippen LogP contribution in [0.5, 0.6) is 0 Å². The molecule has 0 amide bonds. The van der Waals surface area contributed by atoms with Gasteiger partial charge in [0.15, 0.2) is 10.9 Å². The Morgan fingerprint density at radius 3 is 2.83 bits per heavy atom. The van der Waals surface area contributed by atoms with Crippen molar-refractivity contribution in [1.29, 1.82) is 5.26 Å². The van der Waals surface area contributed by atoms with Crippen molar-refractivity contribution >= 4 is 17.5 Å². The van der Waals surface area contributed by atoms with Crippen LogP contribution in [0, 0.1) is 11.3 Å². The maximum absolute atomic E-state index is 11.6. The topological polar surface area (TPSA) is 58.7 Å². The summed E-state index contributed by atoms with van der Waals surface area (Å²) >= 11 is 1.39. The lowest BCUT2D eigenvalue weighted by Gasteiger charge is -2.06. The Morgan fingerprint density at radius 1 is 1.50 bits per heavy atom. The summed E-state index contributed by atoms with van der Waals surface area (Å²) in [4.78, 5) is 16.5. The minimum atomic E-state index is -0.0174. The first-order valence-corrected chi connectivity index (χ1v) is 6.13. The Balaban J connectivity index is 2.45. The van der Waals surface area contributed by atoms with Gasteiger partial charge in [-0.2, -0.15) is 5.26 Å². The zero-order valence-electron chi connectivity index (χ0n) is 10.0. The van der Waals surface area contributed by atoms with Crippen molar-refractivity contribution in [3.63, 3.8) is 0 Å². The quantitative estimate of drug-likeness (QED) is 0.793. The van der Waals surface area contributed by atoms with Crippen LogP contribution in [0.4, 0.5) is 0 Å². The zero-order valence-corrected chi connectivity index (χ0v) is 10.9. The molecule has 0 radical (unpaired) electrons. The molecule has 0 saturated heterocycles. The molecule has 0 spiro atoms. The molecular weight excluding hydrogens is 246 g/mol. The molecule has 1 aromatic carbocycles. The number of ketones is 1. The SMILES string of the molecule is CC(=O)c1ccc(C#N)cc1Sc1nccn1C. The highest BCUT2D eigenvalue weighted by atomic mass is 32.2. The third-order valence-corrected chi connectivity index (χ3v) is 3.60. The minimum absolute atomic E-state index is 0.0174. The Bertz CT molecular complexity index is 640. The average molecular weight is 257 g/mol. The second kappa shape index (κ2) is 5.07. The number of benzene rings is 1. The molecule has 90 valence electrons. The van der Waals surface area contributed by atoms with Crippen LogP contribution in [0.25, 0.3) is 0 Å². The number of rotatable bonds is 3. The van der Waals surface area contributed by atoms with Gasteiger partial charge in [0, 0.05) is 29.9 Å². The van der Waals surface area contributed by atoms with E-state index in [1.807, 2.05) is 17.8 Å². The summed E-state index contributed by atoms with van der Waals surface area (Å²) in [6.45, 7) is 1.52. The molecule has 2 aromatic rings. The molecule has 2 rings (SSSR count). The number of carbonyl (C=O) groups is 1. The van der Waals surface area contributed by atoms with Crippen molar-refractivity contribution in [2.45, 2.75) is 17.0 Å². The fourth-order valence-corrected chi connectivity index (χ4v) is 2.54. The van der Waals surface area contributed by atoms with Crippen molar-refractivity contribution < 1.29 is 4.79 Å². The summed E-state index contributed by atoms with van der Waals surface area (Å²) in [6, 6.07) is 7.13. The molecule has 0 unspecified atom stereocenters. The van der Waals surface area contributed by atoms with E-state index in [1.165, 1.54) is 18.7 Å². The van der Waals surface area contributed by atoms with Gasteiger partial charge in [-0.15, -0.1) is 0 Å². The second-order valence-electron chi connectivity index (χ2n) is 3.80. The maximum atomic E-state index is 11.6. The summed E-state index contributed by atoms with van der Waals surface area (Å²) in [6.07, 6.45) is 3.54. The van der Waals surface area contributed by atoms with Gasteiger partial charge in [0.05, 0.1) is 11.6 Å². The smallest absolute Gasteiger partial charge is 0.172 e. The molecule has 4 nitrogen and oxygen atoms in total. The zero-order chi connectivity index (χ0) is 13.1. The predicted octanol–water partition coefficient (Wildman–Crippen LogP) is 2.65. The summed E-state index contributed by atoms with van der Waals surface area (Å²) in [5.74, 6) is -0.0174. The van der Waals surface area contributed by atoms with Crippen LogP contribution in [0.2, 0.25) is 0 Å². The molecule has 5 heteroatoms. The Morgan fingerprint density at radius 2 is 2.28 bits per heavy atom. The molecule has 0 aliphatic rings. The molecule has 0 aliphatic heterocycles. The summed E-state index contributed by atoms with van der Waals surface area (Å²) < 4.78 is 1.87. The van der Waals surface area contributed by atoms with Crippen molar-refractivity contribution in [3.05, 3.63) is 41.7 Å². The average Bonchev–Trinajstić information content (AvgIpc) is 2.74. The van der Waals surface area contributed by atoms with E-state index < -0.39 is 0 Å². The molecule has 0 bridgehead atoms. The van der Waals surface area contributed by atoms with E-state index in [2.05, 4.69) is 11.1 Å². The van der Waals surface area contributed by atoms with Gasteiger partial charge in [0.2, 0.25) is 0 Å². The molecular formula is C13H11N3OS. The van der Waals surface area contributed by atoms with Crippen molar-refractivity contribution in [1.82, 2.24) is 9.55 Å². The van der Waals surface area contributed by atoms with Gasteiger partial charge in [0.25, 0.3) is 0 Å². The number of aryl methyl sites for hydroxylation is 1. The normalized spacial score (nSPS) is 10.1. The van der Waals surface area contributed by atoms with E-state index in [0.717, 1.165) is 10.1 Å². The molecule has 1 aromatic heterocycles. The van der Waals surface area contributed by atoms with E-state index in [4.69, 9.17) is 5.26 Å². The van der Waals surface area contributed by atoms with Gasteiger partial charge in [0.1, 0.15) is 0 Å². The van der Waals surface area contributed by atoms with E-state index in [-0.39, 0.29) is 5.78 Å². The van der Waals surface area contributed by atoms with Crippen LogP contribution in [0.1, 0.15) is 22.8 Å². The van der Waals surface area contributed by atoms with E-state index in [1.54, 1.807) is 24.4 Å². The van der Waals surface area contributed by atoms with Gasteiger partial charge in [-0.25, -0.2) is 4.98 Å². The van der Waals surface area contributed by atoms with Crippen LogP contribution in [0.3, 0.4) is 0 Å². The standard InChI is InChI=1S/C13H11N3OS/c1-9(17)11-4-3-10(8-14)7-12(11)18-13-15-5-6-16(13)2/h3-7H,1-2H3. The van der Waals surface area contributed by atoms with Crippen molar-refractivity contribution in [2.75, 3.05) is 0 Å². The van der Waals surface area contributed by atoms with Gasteiger partial charge in [-0.1, -0.05) is 11.8 Å². The summed E-state index contributed by atoms with van der Waals surface area (Å²) in [5, 5.41) is 9.69. The Kier molecular flexibility index (Phi) is 3.49. The maximum Gasteiger partial charge on any atom is 0.172 e. The molecule has 1 heterocycles. The van der Waals surface area contributed by atoms with E-state index in [9.17, 15) is 4.79 Å². The van der Waals surface area contributed by atoms with Gasteiger partial charge < -0.3 is 4.57 Å². The molecule has 0 saturated carbocycles. The number of nitriles is 1. The Hall–Kier alpha value is -2.06. The third kappa shape index (κ3) is 2.44. The number of aromatic nitrogens is 2. The lowest BCUT2D eigenvalue weighted by molar-refractivity contribution is 0.101. The number of Topliss-reactive ketones (excluding diaryl/α,β-unsaturated/α-hetero) is 1. The molecule has 18 heavy (non-hydrogen) atoms. The fraction of sp³-hybridized carbons (Fsp3) is 0.154. The first-order valence-electron chi connectivity index (χ1n) is 5.32. The van der Waals surface area contributed by atoms with Gasteiger partial charge in [-0.3, -0.25) is 4.79 Å². The summed E-state index contributed by atoms with van der Waals surface area (Å²) in [7, 11) is 1.89. The van der Waals surface area contributed by atoms with Crippen LogP contribution in [-0.2, 0) is 7.05 Å². The van der Waals surface area contributed by atoms with Crippen LogP contribution in [-0.4, -0.2) is 15.3 Å². The lowest BCUT2D eigenvalue weighted by atomic mass is 10.1. The highest BCUT2D eigenvalue weighted by Crippen LogP contribution is 2.30.